The first-order valence-corrected chi connectivity index (χ1v) is 12.1. The van der Waals surface area contributed by atoms with Crippen LogP contribution in [0.5, 0.6) is 0 Å². The van der Waals surface area contributed by atoms with Crippen molar-refractivity contribution in [1.82, 2.24) is 14.2 Å². The Hall–Kier alpha value is -3.36. The van der Waals surface area contributed by atoms with E-state index in [1.165, 1.54) is 24.3 Å². The van der Waals surface area contributed by atoms with Crippen LogP contribution >= 0.6 is 11.6 Å². The summed E-state index contributed by atoms with van der Waals surface area (Å²) >= 11 is 5.94. The number of nitrogens with zero attached hydrogens (tertiary/aromatic N) is 4. The normalized spacial score (nSPS) is 11.4. The van der Waals surface area contributed by atoms with E-state index in [1.54, 1.807) is 0 Å². The molecule has 4 aromatic rings. The topological polar surface area (TPSA) is 80.1 Å². The van der Waals surface area contributed by atoms with E-state index in [0.717, 1.165) is 26.5 Å². The number of benzene rings is 3. The standard InChI is InChI=1S/C24H24ClN5O2S/c1-17-4-8-19(9-5-17)23-27-24(26-16-18-6-12-21(13-7-18)29(2)3)30(28-23)33(31,32)22-14-10-20(25)11-15-22/h4-15H,16H2,1-3H3,(H,26,27,28). The molecule has 0 amide bonds. The quantitative estimate of drug-likeness (QED) is 0.407. The molecule has 7 nitrogen and oxygen atoms in total. The van der Waals surface area contributed by atoms with Crippen molar-refractivity contribution in [3.8, 4) is 11.4 Å². The molecule has 33 heavy (non-hydrogen) atoms. The summed E-state index contributed by atoms with van der Waals surface area (Å²) in [4.78, 5) is 6.60. The number of aryl methyl sites for hydroxylation is 1. The van der Waals surface area contributed by atoms with Crippen LogP contribution in [0.15, 0.2) is 77.7 Å². The minimum absolute atomic E-state index is 0.0747. The van der Waals surface area contributed by atoms with E-state index in [1.807, 2.05) is 74.4 Å². The first kappa shape index (κ1) is 22.8. The van der Waals surface area contributed by atoms with Crippen molar-refractivity contribution in [2.75, 3.05) is 24.3 Å². The summed E-state index contributed by atoms with van der Waals surface area (Å²) in [6, 6.07) is 21.6. The molecular formula is C24H24ClN5O2S. The Labute approximate surface area is 198 Å². The highest BCUT2D eigenvalue weighted by Gasteiger charge is 2.24. The van der Waals surface area contributed by atoms with Gasteiger partial charge < -0.3 is 10.2 Å². The molecule has 0 spiro atoms. The molecule has 4 rings (SSSR count). The lowest BCUT2D eigenvalue weighted by Gasteiger charge is -2.13. The highest BCUT2D eigenvalue weighted by atomic mass is 35.5. The van der Waals surface area contributed by atoms with E-state index in [9.17, 15) is 8.42 Å². The third-order valence-corrected chi connectivity index (χ3v) is 6.96. The molecule has 0 saturated carbocycles. The Morgan fingerprint density at radius 1 is 0.939 bits per heavy atom. The highest BCUT2D eigenvalue weighted by Crippen LogP contribution is 2.24. The summed E-state index contributed by atoms with van der Waals surface area (Å²) in [5.74, 6) is 0.454. The molecule has 1 heterocycles. The van der Waals surface area contributed by atoms with Gasteiger partial charge in [-0.3, -0.25) is 0 Å². The Kier molecular flexibility index (Phi) is 6.40. The van der Waals surface area contributed by atoms with Gasteiger partial charge in [-0.05, 0) is 48.9 Å². The lowest BCUT2D eigenvalue weighted by molar-refractivity contribution is 0.580. The second-order valence-corrected chi connectivity index (χ2v) is 10.0. The first-order chi connectivity index (χ1) is 15.7. The maximum atomic E-state index is 13.4. The lowest BCUT2D eigenvalue weighted by atomic mass is 10.1. The molecule has 0 fully saturated rings. The van der Waals surface area contributed by atoms with Gasteiger partial charge in [0.05, 0.1) is 4.90 Å². The van der Waals surface area contributed by atoms with E-state index in [0.29, 0.717) is 17.4 Å². The number of hydrogen-bond acceptors (Lipinski definition) is 6. The van der Waals surface area contributed by atoms with Gasteiger partial charge >= 0.3 is 0 Å². The number of aromatic nitrogens is 3. The smallest absolute Gasteiger partial charge is 0.286 e. The first-order valence-electron chi connectivity index (χ1n) is 10.3. The van der Waals surface area contributed by atoms with Crippen LogP contribution in [0.2, 0.25) is 5.02 Å². The monoisotopic (exact) mass is 481 g/mol. The molecule has 3 aromatic carbocycles. The van der Waals surface area contributed by atoms with Crippen LogP contribution in [0.1, 0.15) is 11.1 Å². The summed E-state index contributed by atoms with van der Waals surface area (Å²) in [7, 11) is -0.0365. The van der Waals surface area contributed by atoms with E-state index in [-0.39, 0.29) is 10.8 Å². The van der Waals surface area contributed by atoms with Crippen LogP contribution in [-0.4, -0.2) is 36.7 Å². The molecule has 0 atom stereocenters. The van der Waals surface area contributed by atoms with Gasteiger partial charge in [0.15, 0.2) is 5.82 Å². The van der Waals surface area contributed by atoms with Crippen LogP contribution < -0.4 is 10.2 Å². The van der Waals surface area contributed by atoms with Gasteiger partial charge in [0, 0.05) is 36.9 Å². The van der Waals surface area contributed by atoms with Crippen molar-refractivity contribution < 1.29 is 8.42 Å². The number of hydrogen-bond donors (Lipinski definition) is 1. The predicted octanol–water partition coefficient (Wildman–Crippen LogP) is 4.82. The van der Waals surface area contributed by atoms with Gasteiger partial charge in [-0.2, -0.15) is 13.4 Å². The van der Waals surface area contributed by atoms with Gasteiger partial charge in [0.2, 0.25) is 5.95 Å². The molecule has 1 aromatic heterocycles. The lowest BCUT2D eigenvalue weighted by Crippen LogP contribution is -2.18. The van der Waals surface area contributed by atoms with Crippen LogP contribution in [0.25, 0.3) is 11.4 Å². The van der Waals surface area contributed by atoms with Crippen molar-refractivity contribution in [3.05, 3.63) is 88.9 Å². The molecule has 0 radical (unpaired) electrons. The average Bonchev–Trinajstić information content (AvgIpc) is 3.24. The molecule has 170 valence electrons. The minimum Gasteiger partial charge on any atom is -0.378 e. The van der Waals surface area contributed by atoms with E-state index >= 15 is 0 Å². The van der Waals surface area contributed by atoms with E-state index in [4.69, 9.17) is 11.6 Å². The van der Waals surface area contributed by atoms with Gasteiger partial charge in [-0.15, -0.1) is 9.19 Å². The maximum Gasteiger partial charge on any atom is 0.286 e. The highest BCUT2D eigenvalue weighted by molar-refractivity contribution is 7.90. The largest absolute Gasteiger partial charge is 0.378 e. The minimum atomic E-state index is -3.99. The zero-order valence-corrected chi connectivity index (χ0v) is 20.1. The van der Waals surface area contributed by atoms with E-state index < -0.39 is 10.0 Å². The number of anilines is 2. The van der Waals surface area contributed by atoms with Crippen LogP contribution in [0.3, 0.4) is 0 Å². The molecule has 0 saturated heterocycles. The zero-order valence-electron chi connectivity index (χ0n) is 18.5. The Balaban J connectivity index is 1.70. The SMILES string of the molecule is Cc1ccc(-c2nc(NCc3ccc(N(C)C)cc3)n(S(=O)(=O)c3ccc(Cl)cc3)n2)cc1. The summed E-state index contributed by atoms with van der Waals surface area (Å²) in [5.41, 5.74) is 3.88. The van der Waals surface area contributed by atoms with Gasteiger partial charge in [0.1, 0.15) is 0 Å². The fourth-order valence-corrected chi connectivity index (χ4v) is 4.52. The van der Waals surface area contributed by atoms with Crippen LogP contribution in [0.4, 0.5) is 11.6 Å². The fraction of sp³-hybridized carbons (Fsp3) is 0.167. The third-order valence-electron chi connectivity index (χ3n) is 5.13. The van der Waals surface area contributed by atoms with Crippen molar-refractivity contribution >= 4 is 33.3 Å². The fourth-order valence-electron chi connectivity index (χ4n) is 3.20. The second-order valence-electron chi connectivity index (χ2n) is 7.84. The van der Waals surface area contributed by atoms with Crippen molar-refractivity contribution in [2.45, 2.75) is 18.4 Å². The average molecular weight is 482 g/mol. The Morgan fingerprint density at radius 2 is 1.58 bits per heavy atom. The van der Waals surface area contributed by atoms with Crippen molar-refractivity contribution in [3.63, 3.8) is 0 Å². The molecule has 0 unspecified atom stereocenters. The molecule has 1 N–H and O–H groups in total. The van der Waals surface area contributed by atoms with Crippen LogP contribution in [0, 0.1) is 6.92 Å². The van der Waals surface area contributed by atoms with Crippen LogP contribution in [-0.2, 0) is 16.6 Å². The third kappa shape index (κ3) is 5.02. The molecule has 0 aliphatic heterocycles. The van der Waals surface area contributed by atoms with Crippen molar-refractivity contribution in [2.24, 2.45) is 0 Å². The second kappa shape index (κ2) is 9.25. The molecular weight excluding hydrogens is 458 g/mol. The summed E-state index contributed by atoms with van der Waals surface area (Å²) in [5, 5.41) is 7.93. The van der Waals surface area contributed by atoms with Gasteiger partial charge in [-0.1, -0.05) is 53.6 Å². The summed E-state index contributed by atoms with van der Waals surface area (Å²) in [6.45, 7) is 2.37. The predicted molar refractivity (Wildman–Crippen MR) is 132 cm³/mol. The zero-order chi connectivity index (χ0) is 23.6. The Morgan fingerprint density at radius 3 is 2.18 bits per heavy atom. The van der Waals surface area contributed by atoms with Gasteiger partial charge in [0.25, 0.3) is 10.0 Å². The van der Waals surface area contributed by atoms with Gasteiger partial charge in [-0.25, -0.2) is 0 Å². The van der Waals surface area contributed by atoms with Crippen molar-refractivity contribution in [1.29, 1.82) is 0 Å². The number of rotatable bonds is 7. The molecule has 0 aliphatic rings. The number of halogens is 1. The molecule has 0 aliphatic carbocycles. The van der Waals surface area contributed by atoms with E-state index in [2.05, 4.69) is 15.4 Å². The maximum absolute atomic E-state index is 13.4. The number of nitrogens with one attached hydrogen (secondary N) is 1. The summed E-state index contributed by atoms with van der Waals surface area (Å²) in [6.07, 6.45) is 0. The molecule has 9 heteroatoms. The Bertz CT molecular complexity index is 1350. The molecule has 0 bridgehead atoms. The summed E-state index contributed by atoms with van der Waals surface area (Å²) < 4.78 is 27.7.